The van der Waals surface area contributed by atoms with Crippen LogP contribution in [0.25, 0.3) is 16.9 Å². The smallest absolute Gasteiger partial charge is 0.354 e. The molecule has 0 fully saturated rings. The number of imidazole rings is 1. The van der Waals surface area contributed by atoms with Crippen molar-refractivity contribution < 1.29 is 9.53 Å². The number of nitrogens with zero attached hydrogens (tertiary/aromatic N) is 4. The van der Waals surface area contributed by atoms with E-state index in [4.69, 9.17) is 4.74 Å². The molecule has 2 heterocycles. The molecule has 0 bridgehead atoms. The van der Waals surface area contributed by atoms with Gasteiger partial charge in [0.1, 0.15) is 23.9 Å². The van der Waals surface area contributed by atoms with Gasteiger partial charge in [-0.05, 0) is 6.92 Å². The second-order valence-corrected chi connectivity index (χ2v) is 3.01. The van der Waals surface area contributed by atoms with Crippen molar-refractivity contribution in [3.63, 3.8) is 0 Å². The van der Waals surface area contributed by atoms with Crippen LogP contribution >= 0.6 is 0 Å². The van der Waals surface area contributed by atoms with E-state index < -0.39 is 5.97 Å². The van der Waals surface area contributed by atoms with Gasteiger partial charge in [0.15, 0.2) is 5.65 Å². The summed E-state index contributed by atoms with van der Waals surface area (Å²) >= 11 is 0. The molecule has 0 saturated heterocycles. The Labute approximate surface area is 91.6 Å². The number of carbonyl (C=O) groups is 1. The Morgan fingerprint density at radius 2 is 2.38 bits per heavy atom. The maximum Gasteiger partial charge on any atom is 0.354 e. The van der Waals surface area contributed by atoms with Gasteiger partial charge in [-0.2, -0.15) is 0 Å². The second kappa shape index (κ2) is 4.09. The number of fused-ring (bicyclic) bond motifs is 1. The van der Waals surface area contributed by atoms with Gasteiger partial charge >= 0.3 is 5.97 Å². The Morgan fingerprint density at radius 1 is 1.56 bits per heavy atom. The van der Waals surface area contributed by atoms with Crippen LogP contribution in [0.5, 0.6) is 0 Å². The number of carbonyl (C=O) groups excluding carboxylic acids is 1. The van der Waals surface area contributed by atoms with Crippen molar-refractivity contribution in [2.45, 2.75) is 6.92 Å². The van der Waals surface area contributed by atoms with Crippen molar-refractivity contribution >= 4 is 22.8 Å². The van der Waals surface area contributed by atoms with Crippen LogP contribution in [-0.2, 0) is 9.53 Å². The van der Waals surface area contributed by atoms with Gasteiger partial charge in [0.25, 0.3) is 0 Å². The van der Waals surface area contributed by atoms with Crippen molar-refractivity contribution in [1.29, 1.82) is 0 Å². The van der Waals surface area contributed by atoms with E-state index in [-0.39, 0.29) is 5.70 Å². The van der Waals surface area contributed by atoms with Gasteiger partial charge in [-0.25, -0.2) is 19.7 Å². The van der Waals surface area contributed by atoms with Crippen LogP contribution in [0.15, 0.2) is 25.4 Å². The molecule has 0 aliphatic rings. The second-order valence-electron chi connectivity index (χ2n) is 3.01. The first-order chi connectivity index (χ1) is 7.74. The molecule has 0 amide bonds. The molecule has 0 spiro atoms. The van der Waals surface area contributed by atoms with Crippen molar-refractivity contribution in [1.82, 2.24) is 19.5 Å². The zero-order valence-electron chi connectivity index (χ0n) is 8.75. The molecular weight excluding hydrogens is 208 g/mol. The minimum absolute atomic E-state index is 0.183. The molecule has 0 saturated carbocycles. The summed E-state index contributed by atoms with van der Waals surface area (Å²) in [5.41, 5.74) is 1.32. The van der Waals surface area contributed by atoms with Crippen molar-refractivity contribution in [3.05, 3.63) is 25.4 Å². The number of esters is 1. The predicted octanol–water partition coefficient (Wildman–Crippen LogP) is 0.860. The molecule has 0 aromatic carbocycles. The van der Waals surface area contributed by atoms with Crippen LogP contribution in [0.3, 0.4) is 0 Å². The number of ether oxygens (including phenoxy) is 1. The van der Waals surface area contributed by atoms with Crippen LogP contribution in [-0.4, -0.2) is 32.1 Å². The summed E-state index contributed by atoms with van der Waals surface area (Å²) in [5, 5.41) is 0. The largest absolute Gasteiger partial charge is 0.461 e. The first kappa shape index (κ1) is 10.3. The molecule has 0 unspecified atom stereocenters. The maximum absolute atomic E-state index is 11.5. The molecule has 0 aliphatic heterocycles. The van der Waals surface area contributed by atoms with Gasteiger partial charge in [0, 0.05) is 0 Å². The molecule has 2 rings (SSSR count). The first-order valence-corrected chi connectivity index (χ1v) is 4.73. The topological polar surface area (TPSA) is 69.9 Å². The summed E-state index contributed by atoms with van der Waals surface area (Å²) in [6.07, 6.45) is 4.43. The van der Waals surface area contributed by atoms with Crippen molar-refractivity contribution in [2.75, 3.05) is 6.61 Å². The van der Waals surface area contributed by atoms with E-state index in [1.165, 1.54) is 17.2 Å². The summed E-state index contributed by atoms with van der Waals surface area (Å²) in [7, 11) is 0. The SMILES string of the molecule is C=C(C(=O)OCC)n1cnc2cncnc21. The third kappa shape index (κ3) is 1.65. The van der Waals surface area contributed by atoms with Crippen LogP contribution in [0, 0.1) is 0 Å². The van der Waals surface area contributed by atoms with Gasteiger partial charge in [0.05, 0.1) is 12.8 Å². The number of aromatic nitrogens is 4. The minimum atomic E-state index is -0.486. The Kier molecular flexibility index (Phi) is 2.63. The average Bonchev–Trinajstić information content (AvgIpc) is 2.72. The quantitative estimate of drug-likeness (QED) is 0.564. The van der Waals surface area contributed by atoms with E-state index in [1.54, 1.807) is 13.1 Å². The average molecular weight is 218 g/mol. The Bertz CT molecular complexity index is 546. The van der Waals surface area contributed by atoms with Crippen LogP contribution in [0.1, 0.15) is 6.92 Å². The lowest BCUT2D eigenvalue weighted by Gasteiger charge is -2.05. The fourth-order valence-electron chi connectivity index (χ4n) is 1.28. The minimum Gasteiger partial charge on any atom is -0.461 e. The van der Waals surface area contributed by atoms with Crippen molar-refractivity contribution in [3.8, 4) is 0 Å². The lowest BCUT2D eigenvalue weighted by atomic mass is 10.4. The molecule has 82 valence electrons. The molecule has 0 N–H and O–H groups in total. The number of hydrogen-bond donors (Lipinski definition) is 0. The molecular formula is C10H10N4O2. The number of hydrogen-bond acceptors (Lipinski definition) is 5. The monoisotopic (exact) mass is 218 g/mol. The van der Waals surface area contributed by atoms with Crippen LogP contribution in [0.2, 0.25) is 0 Å². The number of rotatable bonds is 3. The lowest BCUT2D eigenvalue weighted by molar-refractivity contribution is -0.136. The summed E-state index contributed by atoms with van der Waals surface area (Å²) in [4.78, 5) is 23.4. The molecule has 6 heteroatoms. The maximum atomic E-state index is 11.5. The Hall–Kier alpha value is -2.24. The summed E-state index contributed by atoms with van der Waals surface area (Å²) in [6.45, 7) is 5.69. The van der Waals surface area contributed by atoms with Gasteiger partial charge in [-0.3, -0.25) is 4.57 Å². The highest BCUT2D eigenvalue weighted by Gasteiger charge is 2.13. The normalized spacial score (nSPS) is 10.3. The van der Waals surface area contributed by atoms with Gasteiger partial charge in [-0.15, -0.1) is 0 Å². The zero-order valence-corrected chi connectivity index (χ0v) is 8.75. The van der Waals surface area contributed by atoms with Gasteiger partial charge in [0.2, 0.25) is 0 Å². The highest BCUT2D eigenvalue weighted by molar-refractivity contribution is 6.10. The van der Waals surface area contributed by atoms with E-state index >= 15 is 0 Å². The van der Waals surface area contributed by atoms with Crippen molar-refractivity contribution in [2.24, 2.45) is 0 Å². The van der Waals surface area contributed by atoms with E-state index in [1.807, 2.05) is 0 Å². The van der Waals surface area contributed by atoms with E-state index in [0.29, 0.717) is 17.8 Å². The molecule has 16 heavy (non-hydrogen) atoms. The van der Waals surface area contributed by atoms with Gasteiger partial charge < -0.3 is 4.74 Å². The first-order valence-electron chi connectivity index (χ1n) is 4.73. The molecule has 2 aromatic heterocycles. The van der Waals surface area contributed by atoms with Gasteiger partial charge in [-0.1, -0.05) is 6.58 Å². The molecule has 6 nitrogen and oxygen atoms in total. The van der Waals surface area contributed by atoms with Crippen LogP contribution < -0.4 is 0 Å². The highest BCUT2D eigenvalue weighted by Crippen LogP contribution is 2.13. The fraction of sp³-hybridized carbons (Fsp3) is 0.200. The molecule has 0 atom stereocenters. The Morgan fingerprint density at radius 3 is 3.12 bits per heavy atom. The summed E-state index contributed by atoms with van der Waals surface area (Å²) in [5.74, 6) is -0.486. The third-order valence-corrected chi connectivity index (χ3v) is 2.01. The predicted molar refractivity (Wildman–Crippen MR) is 57.3 cm³/mol. The molecule has 2 aromatic rings. The highest BCUT2D eigenvalue weighted by atomic mass is 16.5. The van der Waals surface area contributed by atoms with E-state index in [9.17, 15) is 4.79 Å². The lowest BCUT2D eigenvalue weighted by Crippen LogP contribution is -2.11. The van der Waals surface area contributed by atoms with E-state index in [2.05, 4.69) is 21.5 Å². The van der Waals surface area contributed by atoms with Crippen LogP contribution in [0.4, 0.5) is 0 Å². The van der Waals surface area contributed by atoms with E-state index in [0.717, 1.165) is 0 Å². The standard InChI is InChI=1S/C10H10N4O2/c1-3-16-10(15)7(2)14-6-13-8-4-11-5-12-9(8)14/h4-6H,2-3H2,1H3. The summed E-state index contributed by atoms with van der Waals surface area (Å²) < 4.78 is 6.33. The fourth-order valence-corrected chi connectivity index (χ4v) is 1.28. The molecule has 0 aliphatic carbocycles. The third-order valence-electron chi connectivity index (χ3n) is 2.01. The Balaban J connectivity index is 2.40. The zero-order chi connectivity index (χ0) is 11.5. The molecule has 0 radical (unpaired) electrons. The summed E-state index contributed by atoms with van der Waals surface area (Å²) in [6, 6.07) is 0.